The lowest BCUT2D eigenvalue weighted by atomic mass is 10.2. The number of aromatic nitrogens is 1. The molecule has 2 nitrogen and oxygen atoms in total. The van der Waals surface area contributed by atoms with Crippen LogP contribution < -0.4 is 0 Å². The average molecular weight is 200 g/mol. The molecule has 0 atom stereocenters. The van der Waals surface area contributed by atoms with E-state index in [2.05, 4.69) is 9.98 Å². The number of hydrogen-bond donors (Lipinski definition) is 0. The van der Waals surface area contributed by atoms with E-state index in [9.17, 15) is 4.39 Å². The molecule has 2 aromatic rings. The molecule has 0 fully saturated rings. The van der Waals surface area contributed by atoms with Gasteiger partial charge < -0.3 is 0 Å². The second kappa shape index (κ2) is 4.46. The SMILES string of the molecule is Fc1ccc(C=Nc2ccccn2)cc1. The first kappa shape index (κ1) is 9.52. The minimum Gasteiger partial charge on any atom is -0.237 e. The van der Waals surface area contributed by atoms with Crippen LogP contribution in [0.5, 0.6) is 0 Å². The Morgan fingerprint density at radius 2 is 1.87 bits per heavy atom. The molecule has 0 saturated carbocycles. The Hall–Kier alpha value is -2.03. The highest BCUT2D eigenvalue weighted by Crippen LogP contribution is 2.06. The predicted molar refractivity (Wildman–Crippen MR) is 57.9 cm³/mol. The number of benzene rings is 1. The number of nitrogens with zero attached hydrogens (tertiary/aromatic N) is 2. The van der Waals surface area contributed by atoms with Gasteiger partial charge in [-0.25, -0.2) is 14.4 Å². The van der Waals surface area contributed by atoms with E-state index in [1.165, 1.54) is 12.1 Å². The average Bonchev–Trinajstić information content (AvgIpc) is 2.30. The first-order chi connectivity index (χ1) is 7.34. The van der Waals surface area contributed by atoms with E-state index in [1.54, 1.807) is 30.6 Å². The maximum absolute atomic E-state index is 12.6. The van der Waals surface area contributed by atoms with Gasteiger partial charge in [0.15, 0.2) is 5.82 Å². The molecule has 0 amide bonds. The zero-order valence-electron chi connectivity index (χ0n) is 7.97. The second-order valence-corrected chi connectivity index (χ2v) is 3.00. The summed E-state index contributed by atoms with van der Waals surface area (Å²) in [6.07, 6.45) is 3.33. The van der Waals surface area contributed by atoms with Crippen molar-refractivity contribution in [3.8, 4) is 0 Å². The highest BCUT2D eigenvalue weighted by molar-refractivity contribution is 5.81. The monoisotopic (exact) mass is 200 g/mol. The molecule has 2 rings (SSSR count). The summed E-state index contributed by atoms with van der Waals surface area (Å²) in [7, 11) is 0. The Balaban J connectivity index is 2.15. The molecule has 0 bridgehead atoms. The fourth-order valence-electron chi connectivity index (χ4n) is 1.12. The van der Waals surface area contributed by atoms with Gasteiger partial charge in [-0.3, -0.25) is 0 Å². The molecule has 0 aliphatic rings. The zero-order valence-corrected chi connectivity index (χ0v) is 7.97. The largest absolute Gasteiger partial charge is 0.237 e. The summed E-state index contributed by atoms with van der Waals surface area (Å²) in [6, 6.07) is 11.6. The van der Waals surface area contributed by atoms with Crippen LogP contribution in [0.3, 0.4) is 0 Å². The Kier molecular flexibility index (Phi) is 2.83. The van der Waals surface area contributed by atoms with E-state index in [0.717, 1.165) is 5.56 Å². The first-order valence-electron chi connectivity index (χ1n) is 4.55. The molecule has 1 aromatic carbocycles. The van der Waals surface area contributed by atoms with Crippen LogP contribution in [-0.2, 0) is 0 Å². The van der Waals surface area contributed by atoms with Crippen LogP contribution in [0.1, 0.15) is 5.56 Å². The fraction of sp³-hybridized carbons (Fsp3) is 0. The van der Waals surface area contributed by atoms with E-state index in [-0.39, 0.29) is 5.82 Å². The van der Waals surface area contributed by atoms with Gasteiger partial charge in [0.2, 0.25) is 0 Å². The van der Waals surface area contributed by atoms with Crippen molar-refractivity contribution >= 4 is 12.0 Å². The Labute approximate surface area is 87.1 Å². The van der Waals surface area contributed by atoms with Gasteiger partial charge in [-0.05, 0) is 29.8 Å². The number of aliphatic imine (C=N–C) groups is 1. The van der Waals surface area contributed by atoms with E-state index < -0.39 is 0 Å². The standard InChI is InChI=1S/C12H9FN2/c13-11-6-4-10(5-7-11)9-15-12-3-1-2-8-14-12/h1-9H. The lowest BCUT2D eigenvalue weighted by molar-refractivity contribution is 0.628. The van der Waals surface area contributed by atoms with Crippen molar-refractivity contribution < 1.29 is 4.39 Å². The van der Waals surface area contributed by atoms with Crippen molar-refractivity contribution in [2.45, 2.75) is 0 Å². The van der Waals surface area contributed by atoms with Crippen molar-refractivity contribution in [1.82, 2.24) is 4.98 Å². The van der Waals surface area contributed by atoms with Crippen LogP contribution >= 0.6 is 0 Å². The van der Waals surface area contributed by atoms with E-state index in [1.807, 2.05) is 12.1 Å². The van der Waals surface area contributed by atoms with E-state index in [0.29, 0.717) is 5.82 Å². The molecule has 0 aliphatic heterocycles. The van der Waals surface area contributed by atoms with E-state index in [4.69, 9.17) is 0 Å². The summed E-state index contributed by atoms with van der Waals surface area (Å²) in [5.74, 6) is 0.395. The van der Waals surface area contributed by atoms with Crippen molar-refractivity contribution in [2.24, 2.45) is 4.99 Å². The molecule has 74 valence electrons. The van der Waals surface area contributed by atoms with Crippen LogP contribution in [0.15, 0.2) is 53.7 Å². The number of hydrogen-bond acceptors (Lipinski definition) is 2. The third kappa shape index (κ3) is 2.71. The maximum atomic E-state index is 12.6. The molecular weight excluding hydrogens is 191 g/mol. The van der Waals surface area contributed by atoms with Gasteiger partial charge >= 0.3 is 0 Å². The van der Waals surface area contributed by atoms with E-state index >= 15 is 0 Å². The van der Waals surface area contributed by atoms with Gasteiger partial charge in [-0.15, -0.1) is 0 Å². The summed E-state index contributed by atoms with van der Waals surface area (Å²) in [4.78, 5) is 8.19. The quantitative estimate of drug-likeness (QED) is 0.684. The molecule has 0 radical (unpaired) electrons. The fourth-order valence-corrected chi connectivity index (χ4v) is 1.12. The molecule has 1 heterocycles. The van der Waals surface area contributed by atoms with Crippen molar-refractivity contribution in [3.63, 3.8) is 0 Å². The molecule has 0 unspecified atom stereocenters. The molecule has 3 heteroatoms. The van der Waals surface area contributed by atoms with Crippen LogP contribution in [0.4, 0.5) is 10.2 Å². The van der Waals surface area contributed by atoms with Crippen LogP contribution in [0.25, 0.3) is 0 Å². The Morgan fingerprint density at radius 3 is 2.53 bits per heavy atom. The molecule has 0 saturated heterocycles. The number of halogens is 1. The zero-order chi connectivity index (χ0) is 10.5. The van der Waals surface area contributed by atoms with Gasteiger partial charge in [0, 0.05) is 12.4 Å². The highest BCUT2D eigenvalue weighted by Gasteiger charge is 1.90. The molecule has 0 N–H and O–H groups in total. The predicted octanol–water partition coefficient (Wildman–Crippen LogP) is 2.97. The lowest BCUT2D eigenvalue weighted by Gasteiger charge is -1.92. The second-order valence-electron chi connectivity index (χ2n) is 3.00. The van der Waals surface area contributed by atoms with Crippen LogP contribution in [0.2, 0.25) is 0 Å². The highest BCUT2D eigenvalue weighted by atomic mass is 19.1. The molecule has 15 heavy (non-hydrogen) atoms. The topological polar surface area (TPSA) is 25.2 Å². The lowest BCUT2D eigenvalue weighted by Crippen LogP contribution is -1.81. The van der Waals surface area contributed by atoms with Gasteiger partial charge in [0.05, 0.1) is 0 Å². The van der Waals surface area contributed by atoms with Crippen LogP contribution in [0, 0.1) is 5.82 Å². The number of pyridine rings is 1. The molecule has 0 spiro atoms. The third-order valence-corrected chi connectivity index (χ3v) is 1.87. The summed E-state index contributed by atoms with van der Waals surface area (Å²) >= 11 is 0. The number of rotatable bonds is 2. The molecule has 0 aliphatic carbocycles. The van der Waals surface area contributed by atoms with Gasteiger partial charge in [-0.2, -0.15) is 0 Å². The van der Waals surface area contributed by atoms with Crippen LogP contribution in [-0.4, -0.2) is 11.2 Å². The van der Waals surface area contributed by atoms with Crippen molar-refractivity contribution in [3.05, 3.63) is 60.0 Å². The Bertz CT molecular complexity index is 449. The van der Waals surface area contributed by atoms with Gasteiger partial charge in [0.1, 0.15) is 5.82 Å². The molecular formula is C12H9FN2. The summed E-state index contributed by atoms with van der Waals surface area (Å²) in [6.45, 7) is 0. The summed E-state index contributed by atoms with van der Waals surface area (Å²) < 4.78 is 12.6. The normalized spacial score (nSPS) is 10.7. The minimum absolute atomic E-state index is 0.245. The first-order valence-corrected chi connectivity index (χ1v) is 4.55. The minimum atomic E-state index is -0.245. The van der Waals surface area contributed by atoms with Gasteiger partial charge in [-0.1, -0.05) is 18.2 Å². The Morgan fingerprint density at radius 1 is 1.07 bits per heavy atom. The third-order valence-electron chi connectivity index (χ3n) is 1.87. The van der Waals surface area contributed by atoms with Gasteiger partial charge in [0.25, 0.3) is 0 Å². The molecule has 1 aromatic heterocycles. The van der Waals surface area contributed by atoms with Crippen molar-refractivity contribution in [2.75, 3.05) is 0 Å². The summed E-state index contributed by atoms with van der Waals surface area (Å²) in [5, 5.41) is 0. The summed E-state index contributed by atoms with van der Waals surface area (Å²) in [5.41, 5.74) is 0.849. The van der Waals surface area contributed by atoms with Crippen molar-refractivity contribution in [1.29, 1.82) is 0 Å². The maximum Gasteiger partial charge on any atom is 0.151 e. The smallest absolute Gasteiger partial charge is 0.151 e.